The highest BCUT2D eigenvalue weighted by molar-refractivity contribution is 7.07. The smallest absolute Gasteiger partial charge is 0.290 e. The van der Waals surface area contributed by atoms with E-state index >= 15 is 0 Å². The summed E-state index contributed by atoms with van der Waals surface area (Å²) in [4.78, 5) is 19.3. The van der Waals surface area contributed by atoms with Crippen molar-refractivity contribution in [1.82, 2.24) is 9.88 Å². The van der Waals surface area contributed by atoms with Gasteiger partial charge in [0, 0.05) is 37.5 Å². The summed E-state index contributed by atoms with van der Waals surface area (Å²) in [6.07, 6.45) is 3.98. The third-order valence-corrected chi connectivity index (χ3v) is 5.79. The van der Waals surface area contributed by atoms with Crippen molar-refractivity contribution >= 4 is 17.2 Å². The number of furan rings is 1. The van der Waals surface area contributed by atoms with Crippen molar-refractivity contribution in [3.8, 4) is 11.5 Å². The molecule has 0 bridgehead atoms. The number of aromatic nitrogens is 1. The molecular weight excluding hydrogens is 424 g/mol. The number of rotatable bonds is 9. The molecule has 4 aromatic rings. The lowest BCUT2D eigenvalue weighted by atomic mass is 10.1. The van der Waals surface area contributed by atoms with E-state index in [1.807, 2.05) is 53.2 Å². The maximum absolute atomic E-state index is 13.3. The average Bonchev–Trinajstić information content (AvgIpc) is 3.51. The number of ether oxygens (including phenoxy) is 2. The van der Waals surface area contributed by atoms with Gasteiger partial charge in [-0.1, -0.05) is 6.07 Å². The van der Waals surface area contributed by atoms with Gasteiger partial charge in [-0.25, -0.2) is 0 Å². The minimum absolute atomic E-state index is 0.163. The molecule has 164 valence electrons. The summed E-state index contributed by atoms with van der Waals surface area (Å²) in [7, 11) is 3.25. The Hall–Kier alpha value is -3.58. The Morgan fingerprint density at radius 3 is 2.66 bits per heavy atom. The second kappa shape index (κ2) is 10.2. The number of thiophene rings is 1. The van der Waals surface area contributed by atoms with Crippen LogP contribution >= 0.6 is 11.3 Å². The Morgan fingerprint density at radius 1 is 1.06 bits per heavy atom. The highest BCUT2D eigenvalue weighted by Crippen LogP contribution is 2.27. The summed E-state index contributed by atoms with van der Waals surface area (Å²) in [6.45, 7) is 0.944. The highest BCUT2D eigenvalue weighted by atomic mass is 32.1. The second-order valence-corrected chi connectivity index (χ2v) is 8.05. The van der Waals surface area contributed by atoms with E-state index in [0.29, 0.717) is 31.0 Å². The van der Waals surface area contributed by atoms with E-state index in [4.69, 9.17) is 13.9 Å². The zero-order valence-electron chi connectivity index (χ0n) is 18.0. The van der Waals surface area contributed by atoms with Crippen molar-refractivity contribution < 1.29 is 18.7 Å². The molecule has 0 radical (unpaired) electrons. The molecule has 0 saturated carbocycles. The minimum atomic E-state index is -0.163. The lowest BCUT2D eigenvalue weighted by molar-refractivity contribution is 0.0696. The second-order valence-electron chi connectivity index (χ2n) is 7.27. The standard InChI is InChI=1S/C25H24N2O4S/c1-29-21-5-7-23(30-2)20(12-21)13-22-6-8-24(31-22)25(28)27(16-19-9-11-32-17-19)15-18-4-3-10-26-14-18/h3-12,14,17H,13,15-16H2,1-2H3. The number of hydrogen-bond acceptors (Lipinski definition) is 6. The first-order chi connectivity index (χ1) is 15.7. The average molecular weight is 449 g/mol. The maximum Gasteiger partial charge on any atom is 0.290 e. The lowest BCUT2D eigenvalue weighted by Crippen LogP contribution is -2.29. The zero-order valence-corrected chi connectivity index (χ0v) is 18.8. The number of carbonyl (C=O) groups excluding carboxylic acids is 1. The van der Waals surface area contributed by atoms with Crippen LogP contribution in [0.15, 0.2) is 76.1 Å². The fourth-order valence-corrected chi connectivity index (χ4v) is 4.13. The van der Waals surface area contributed by atoms with Gasteiger partial charge in [-0.3, -0.25) is 9.78 Å². The molecule has 0 N–H and O–H groups in total. The van der Waals surface area contributed by atoms with Crippen LogP contribution in [0.2, 0.25) is 0 Å². The molecule has 7 heteroatoms. The van der Waals surface area contributed by atoms with Gasteiger partial charge in [-0.05, 0) is 64.4 Å². The molecule has 0 atom stereocenters. The third kappa shape index (κ3) is 5.18. The first-order valence-electron chi connectivity index (χ1n) is 10.1. The number of hydrogen-bond donors (Lipinski definition) is 0. The summed E-state index contributed by atoms with van der Waals surface area (Å²) in [5.41, 5.74) is 2.97. The molecular formula is C25H24N2O4S. The topological polar surface area (TPSA) is 64.8 Å². The Bertz CT molecular complexity index is 1160. The number of methoxy groups -OCH3 is 2. The van der Waals surface area contributed by atoms with Crippen LogP contribution < -0.4 is 9.47 Å². The van der Waals surface area contributed by atoms with E-state index in [1.54, 1.807) is 48.9 Å². The molecule has 0 aliphatic carbocycles. The summed E-state index contributed by atoms with van der Waals surface area (Å²) in [6, 6.07) is 15.0. The van der Waals surface area contributed by atoms with Gasteiger partial charge in [0.05, 0.1) is 14.2 Å². The van der Waals surface area contributed by atoms with Gasteiger partial charge in [0.25, 0.3) is 5.91 Å². The van der Waals surface area contributed by atoms with Crippen molar-refractivity contribution in [3.63, 3.8) is 0 Å². The summed E-state index contributed by atoms with van der Waals surface area (Å²) in [5.74, 6) is 2.30. The fraction of sp³-hybridized carbons (Fsp3) is 0.200. The van der Waals surface area contributed by atoms with Crippen molar-refractivity contribution in [2.75, 3.05) is 14.2 Å². The molecule has 1 aromatic carbocycles. The summed E-state index contributed by atoms with van der Waals surface area (Å²) < 4.78 is 16.7. The van der Waals surface area contributed by atoms with E-state index in [2.05, 4.69) is 4.98 Å². The molecule has 0 unspecified atom stereocenters. The number of carbonyl (C=O) groups is 1. The SMILES string of the molecule is COc1ccc(OC)c(Cc2ccc(C(=O)N(Cc3cccnc3)Cc3ccsc3)o2)c1. The van der Waals surface area contributed by atoms with Crippen molar-refractivity contribution in [2.24, 2.45) is 0 Å². The first kappa shape index (κ1) is 21.6. The molecule has 3 aromatic heterocycles. The van der Waals surface area contributed by atoms with Crippen LogP contribution in [0.5, 0.6) is 11.5 Å². The Balaban J connectivity index is 1.55. The van der Waals surface area contributed by atoms with Gasteiger partial charge in [0.15, 0.2) is 5.76 Å². The molecule has 1 amide bonds. The van der Waals surface area contributed by atoms with Crippen molar-refractivity contribution in [1.29, 1.82) is 0 Å². The van der Waals surface area contributed by atoms with E-state index in [0.717, 1.165) is 28.2 Å². The van der Waals surface area contributed by atoms with Crippen LogP contribution in [0.25, 0.3) is 0 Å². The predicted octanol–water partition coefficient (Wildman–Crippen LogP) is 5.19. The molecule has 3 heterocycles. The van der Waals surface area contributed by atoms with Crippen LogP contribution in [-0.4, -0.2) is 30.0 Å². The molecule has 0 saturated heterocycles. The van der Waals surface area contributed by atoms with Gasteiger partial charge >= 0.3 is 0 Å². The van der Waals surface area contributed by atoms with E-state index in [1.165, 1.54) is 0 Å². The van der Waals surface area contributed by atoms with Gasteiger partial charge in [-0.2, -0.15) is 11.3 Å². The molecule has 0 spiro atoms. The van der Waals surface area contributed by atoms with Crippen molar-refractivity contribution in [2.45, 2.75) is 19.5 Å². The first-order valence-corrected chi connectivity index (χ1v) is 11.1. The van der Waals surface area contributed by atoms with Crippen LogP contribution in [0.3, 0.4) is 0 Å². The molecule has 32 heavy (non-hydrogen) atoms. The largest absolute Gasteiger partial charge is 0.497 e. The summed E-state index contributed by atoms with van der Waals surface area (Å²) >= 11 is 1.61. The molecule has 0 aliphatic rings. The number of pyridine rings is 1. The zero-order chi connectivity index (χ0) is 22.3. The van der Waals surface area contributed by atoms with Crippen molar-refractivity contribution in [3.05, 3.63) is 99.9 Å². The maximum atomic E-state index is 13.3. The Kier molecular flexibility index (Phi) is 6.87. The molecule has 0 aliphatic heterocycles. The summed E-state index contributed by atoms with van der Waals surface area (Å²) in [5, 5.41) is 4.06. The van der Waals surface area contributed by atoms with E-state index in [9.17, 15) is 4.79 Å². The quantitative estimate of drug-likeness (QED) is 0.353. The number of amides is 1. The van der Waals surface area contributed by atoms with Gasteiger partial charge in [0.2, 0.25) is 0 Å². The Labute approximate surface area is 191 Å². The highest BCUT2D eigenvalue weighted by Gasteiger charge is 2.21. The number of benzene rings is 1. The van der Waals surface area contributed by atoms with Gasteiger partial charge < -0.3 is 18.8 Å². The lowest BCUT2D eigenvalue weighted by Gasteiger charge is -2.21. The minimum Gasteiger partial charge on any atom is -0.497 e. The molecule has 0 fully saturated rings. The fourth-order valence-electron chi connectivity index (χ4n) is 3.47. The van der Waals surface area contributed by atoms with Gasteiger partial charge in [-0.15, -0.1) is 0 Å². The van der Waals surface area contributed by atoms with E-state index in [-0.39, 0.29) is 5.91 Å². The van der Waals surface area contributed by atoms with Crippen LogP contribution in [0.1, 0.15) is 33.0 Å². The monoisotopic (exact) mass is 448 g/mol. The number of nitrogens with zero attached hydrogens (tertiary/aromatic N) is 2. The van der Waals surface area contributed by atoms with E-state index < -0.39 is 0 Å². The molecule has 4 rings (SSSR count). The van der Waals surface area contributed by atoms with Crippen LogP contribution in [-0.2, 0) is 19.5 Å². The normalized spacial score (nSPS) is 10.7. The predicted molar refractivity (Wildman–Crippen MR) is 123 cm³/mol. The molecule has 6 nitrogen and oxygen atoms in total. The van der Waals surface area contributed by atoms with Gasteiger partial charge in [0.1, 0.15) is 17.3 Å². The third-order valence-electron chi connectivity index (χ3n) is 5.06. The van der Waals surface area contributed by atoms with Crippen LogP contribution in [0.4, 0.5) is 0 Å². The Morgan fingerprint density at radius 2 is 1.94 bits per heavy atom. The van der Waals surface area contributed by atoms with Crippen LogP contribution in [0, 0.1) is 0 Å².